The van der Waals surface area contributed by atoms with Crippen molar-refractivity contribution in [3.8, 4) is 0 Å². The topological polar surface area (TPSA) is 86.8 Å². The predicted molar refractivity (Wildman–Crippen MR) is 138 cm³/mol. The molecule has 1 N–H and O–H groups in total. The number of nitrogens with one attached hydrogen (secondary N) is 1. The van der Waals surface area contributed by atoms with E-state index >= 15 is 0 Å². The van der Waals surface area contributed by atoms with Gasteiger partial charge in [-0.2, -0.15) is 13.2 Å². The first-order valence-corrected chi connectivity index (χ1v) is 13.8. The molecule has 37 heavy (non-hydrogen) atoms. The molecular weight excluding hydrogens is 531 g/mol. The largest absolute Gasteiger partial charge is 0.417 e. The second kappa shape index (κ2) is 12.2. The summed E-state index contributed by atoms with van der Waals surface area (Å²) in [6, 6.07) is 8.67. The molecule has 0 spiro atoms. The number of nitrogens with zero attached hydrogens (tertiary/aromatic N) is 2. The number of aryl methyl sites for hydroxylation is 1. The van der Waals surface area contributed by atoms with Crippen LogP contribution in [0.4, 0.5) is 18.9 Å². The van der Waals surface area contributed by atoms with Gasteiger partial charge in [0.15, 0.2) is 0 Å². The van der Waals surface area contributed by atoms with Gasteiger partial charge in [-0.25, -0.2) is 8.42 Å². The highest BCUT2D eigenvalue weighted by Crippen LogP contribution is 2.37. The highest BCUT2D eigenvalue weighted by Gasteiger charge is 2.35. The van der Waals surface area contributed by atoms with E-state index in [1.54, 1.807) is 19.1 Å². The third-order valence-electron chi connectivity index (χ3n) is 5.86. The molecule has 0 saturated heterocycles. The lowest BCUT2D eigenvalue weighted by Crippen LogP contribution is -2.52. The van der Waals surface area contributed by atoms with Crippen LogP contribution < -0.4 is 9.62 Å². The Labute approximate surface area is 220 Å². The van der Waals surface area contributed by atoms with E-state index in [4.69, 9.17) is 11.6 Å². The molecule has 0 bridgehead atoms. The maximum atomic E-state index is 13.5. The number of hydrogen-bond donors (Lipinski definition) is 1. The van der Waals surface area contributed by atoms with Gasteiger partial charge in [-0.05, 0) is 51.0 Å². The maximum Gasteiger partial charge on any atom is 0.417 e. The highest BCUT2D eigenvalue weighted by atomic mass is 35.5. The lowest BCUT2D eigenvalue weighted by molar-refractivity contribution is -0.139. The van der Waals surface area contributed by atoms with Crippen molar-refractivity contribution in [2.45, 2.75) is 58.9 Å². The van der Waals surface area contributed by atoms with Gasteiger partial charge in [0.25, 0.3) is 0 Å². The Morgan fingerprint density at radius 3 is 2.19 bits per heavy atom. The molecule has 12 heteroatoms. The van der Waals surface area contributed by atoms with Gasteiger partial charge in [0.2, 0.25) is 21.8 Å². The fraction of sp³-hybridized carbons (Fsp3) is 0.440. The summed E-state index contributed by atoms with van der Waals surface area (Å²) in [6.07, 6.45) is -3.39. The summed E-state index contributed by atoms with van der Waals surface area (Å²) in [5.74, 6) is -1.20. The molecule has 0 aliphatic heterocycles. The summed E-state index contributed by atoms with van der Waals surface area (Å²) in [4.78, 5) is 27.6. The first-order valence-electron chi connectivity index (χ1n) is 11.5. The van der Waals surface area contributed by atoms with Gasteiger partial charge < -0.3 is 10.2 Å². The van der Waals surface area contributed by atoms with Gasteiger partial charge >= 0.3 is 6.18 Å². The SMILES string of the molecule is CCC(C)NC(=O)C(C)N(Cc1ccc(C)cc1)C(=O)CN(c1ccc(Cl)c(C(F)(F)F)c1)S(C)(=O)=O. The number of anilines is 1. The molecule has 0 saturated carbocycles. The van der Waals surface area contributed by atoms with Crippen molar-refractivity contribution >= 4 is 39.1 Å². The van der Waals surface area contributed by atoms with Gasteiger partial charge in [0, 0.05) is 12.6 Å². The molecule has 0 heterocycles. The van der Waals surface area contributed by atoms with Crippen molar-refractivity contribution < 1.29 is 31.2 Å². The first-order chi connectivity index (χ1) is 17.0. The van der Waals surface area contributed by atoms with Crippen LogP contribution in [0.15, 0.2) is 42.5 Å². The normalized spacial score (nSPS) is 13.5. The number of alkyl halides is 3. The Morgan fingerprint density at radius 2 is 1.68 bits per heavy atom. The summed E-state index contributed by atoms with van der Waals surface area (Å²) < 4.78 is 66.0. The van der Waals surface area contributed by atoms with E-state index in [0.717, 1.165) is 24.0 Å². The third kappa shape index (κ3) is 8.36. The first kappa shape index (κ1) is 30.4. The van der Waals surface area contributed by atoms with Gasteiger partial charge in [0.1, 0.15) is 12.6 Å². The van der Waals surface area contributed by atoms with Gasteiger partial charge in [0.05, 0.1) is 22.5 Å². The number of halogens is 4. The minimum Gasteiger partial charge on any atom is -0.352 e. The second-order valence-electron chi connectivity index (χ2n) is 8.93. The van der Waals surface area contributed by atoms with Gasteiger partial charge in [-0.15, -0.1) is 0 Å². The molecule has 2 rings (SSSR count). The summed E-state index contributed by atoms with van der Waals surface area (Å²) >= 11 is 5.68. The Bertz CT molecular complexity index is 1220. The monoisotopic (exact) mass is 561 g/mol. The molecule has 2 atom stereocenters. The number of benzene rings is 2. The molecule has 2 amide bonds. The molecule has 2 aromatic rings. The van der Waals surface area contributed by atoms with Crippen molar-refractivity contribution in [3.05, 3.63) is 64.2 Å². The molecule has 0 aliphatic rings. The van der Waals surface area contributed by atoms with Crippen molar-refractivity contribution in [2.24, 2.45) is 0 Å². The van der Waals surface area contributed by atoms with Crippen LogP contribution >= 0.6 is 11.6 Å². The number of carbonyl (C=O) groups is 2. The summed E-state index contributed by atoms with van der Waals surface area (Å²) in [7, 11) is -4.19. The maximum absolute atomic E-state index is 13.5. The fourth-order valence-electron chi connectivity index (χ4n) is 3.44. The van der Waals surface area contributed by atoms with Gasteiger partial charge in [-0.3, -0.25) is 13.9 Å². The molecule has 204 valence electrons. The Hall–Kier alpha value is -2.79. The minimum absolute atomic E-state index is 0.0137. The van der Waals surface area contributed by atoms with Crippen LogP contribution in [0.25, 0.3) is 0 Å². The Balaban J connectivity index is 2.47. The fourth-order valence-corrected chi connectivity index (χ4v) is 4.50. The number of hydrogen-bond acceptors (Lipinski definition) is 4. The Kier molecular flexibility index (Phi) is 10.0. The second-order valence-corrected chi connectivity index (χ2v) is 11.2. The minimum atomic E-state index is -4.83. The highest BCUT2D eigenvalue weighted by molar-refractivity contribution is 7.92. The molecule has 0 radical (unpaired) electrons. The lowest BCUT2D eigenvalue weighted by atomic mass is 10.1. The van der Waals surface area contributed by atoms with Crippen LogP contribution in [0.5, 0.6) is 0 Å². The van der Waals surface area contributed by atoms with Gasteiger partial charge in [-0.1, -0.05) is 48.4 Å². The average Bonchev–Trinajstić information content (AvgIpc) is 2.80. The van der Waals surface area contributed by atoms with Crippen LogP contribution in [0.1, 0.15) is 43.9 Å². The number of carbonyl (C=O) groups excluding carboxylic acids is 2. The Morgan fingerprint density at radius 1 is 1.08 bits per heavy atom. The van der Waals surface area contributed by atoms with E-state index in [9.17, 15) is 31.2 Å². The standard InChI is InChI=1S/C25H31ClF3N3O4S/c1-6-17(3)30-24(34)18(4)31(14-19-9-7-16(2)8-10-19)23(33)15-32(37(5,35)36)20-11-12-22(26)21(13-20)25(27,28)29/h7-13,17-18H,6,14-15H2,1-5H3,(H,30,34). The van der Waals surface area contributed by atoms with Crippen LogP contribution in [-0.2, 0) is 32.3 Å². The van der Waals surface area contributed by atoms with Crippen LogP contribution in [0.3, 0.4) is 0 Å². The summed E-state index contributed by atoms with van der Waals surface area (Å²) in [5, 5.41) is 2.20. The summed E-state index contributed by atoms with van der Waals surface area (Å²) in [5.41, 5.74) is 0.0692. The van der Waals surface area contributed by atoms with E-state index in [-0.39, 0.29) is 18.3 Å². The van der Waals surface area contributed by atoms with Crippen molar-refractivity contribution in [2.75, 3.05) is 17.1 Å². The molecule has 2 unspecified atom stereocenters. The predicted octanol–water partition coefficient (Wildman–Crippen LogP) is 4.77. The van der Waals surface area contributed by atoms with Crippen molar-refractivity contribution in [1.82, 2.24) is 10.2 Å². The zero-order valence-electron chi connectivity index (χ0n) is 21.3. The molecule has 0 aliphatic carbocycles. The molecular formula is C25H31ClF3N3O4S. The van der Waals surface area contributed by atoms with E-state index in [2.05, 4.69) is 5.32 Å². The van der Waals surface area contributed by atoms with Crippen molar-refractivity contribution in [1.29, 1.82) is 0 Å². The zero-order chi connectivity index (χ0) is 28.1. The smallest absolute Gasteiger partial charge is 0.352 e. The molecule has 0 fully saturated rings. The average molecular weight is 562 g/mol. The quantitative estimate of drug-likeness (QED) is 0.453. The van der Waals surface area contributed by atoms with E-state index in [1.807, 2.05) is 26.0 Å². The zero-order valence-corrected chi connectivity index (χ0v) is 22.8. The summed E-state index contributed by atoms with van der Waals surface area (Å²) in [6.45, 7) is 6.26. The van der Waals surface area contributed by atoms with E-state index in [0.29, 0.717) is 22.4 Å². The van der Waals surface area contributed by atoms with E-state index in [1.165, 1.54) is 11.8 Å². The number of sulfonamides is 1. The van der Waals surface area contributed by atoms with Crippen LogP contribution in [-0.4, -0.2) is 50.0 Å². The molecule has 2 aromatic carbocycles. The van der Waals surface area contributed by atoms with Crippen LogP contribution in [0.2, 0.25) is 5.02 Å². The third-order valence-corrected chi connectivity index (χ3v) is 7.33. The van der Waals surface area contributed by atoms with E-state index < -0.39 is 51.2 Å². The van der Waals surface area contributed by atoms with Crippen LogP contribution in [0, 0.1) is 6.92 Å². The van der Waals surface area contributed by atoms with Crippen molar-refractivity contribution in [3.63, 3.8) is 0 Å². The number of amides is 2. The molecule has 0 aromatic heterocycles. The molecule has 7 nitrogen and oxygen atoms in total. The number of rotatable bonds is 10. The lowest BCUT2D eigenvalue weighted by Gasteiger charge is -2.32.